The number of rotatable bonds is 5. The van der Waals surface area contributed by atoms with Gasteiger partial charge in [-0.05, 0) is 50.8 Å². The largest absolute Gasteiger partial charge is 0.336 e. The summed E-state index contributed by atoms with van der Waals surface area (Å²) >= 11 is 0. The predicted octanol–water partition coefficient (Wildman–Crippen LogP) is 3.83. The summed E-state index contributed by atoms with van der Waals surface area (Å²) in [6.07, 6.45) is 7.89. The summed E-state index contributed by atoms with van der Waals surface area (Å²) in [5, 5.41) is 2.93. The number of carbonyl (C=O) groups is 2. The molecule has 0 atom stereocenters. The zero-order chi connectivity index (χ0) is 16.2. The van der Waals surface area contributed by atoms with E-state index in [9.17, 15) is 9.59 Å². The first kappa shape index (κ1) is 16.0. The Balaban J connectivity index is 1.70. The molecule has 2 aliphatic carbocycles. The van der Waals surface area contributed by atoms with E-state index in [1.807, 2.05) is 36.1 Å². The molecule has 3 rings (SSSR count). The third-order valence-electron chi connectivity index (χ3n) is 4.94. The average Bonchev–Trinajstić information content (AvgIpc) is 3.42. The Morgan fingerprint density at radius 2 is 1.87 bits per heavy atom. The molecule has 0 saturated heterocycles. The Labute approximate surface area is 138 Å². The summed E-state index contributed by atoms with van der Waals surface area (Å²) in [4.78, 5) is 26.8. The second-order valence-electron chi connectivity index (χ2n) is 6.73. The van der Waals surface area contributed by atoms with Crippen molar-refractivity contribution in [3.05, 3.63) is 29.8 Å². The van der Waals surface area contributed by atoms with E-state index in [4.69, 9.17) is 0 Å². The van der Waals surface area contributed by atoms with Crippen molar-refractivity contribution in [3.63, 3.8) is 0 Å². The first-order chi connectivity index (χ1) is 11.2. The molecule has 0 unspecified atom stereocenters. The lowest BCUT2D eigenvalue weighted by Gasteiger charge is -2.33. The molecule has 1 N–H and O–H groups in total. The van der Waals surface area contributed by atoms with E-state index in [1.54, 1.807) is 0 Å². The van der Waals surface area contributed by atoms with Gasteiger partial charge in [0.15, 0.2) is 0 Å². The second-order valence-corrected chi connectivity index (χ2v) is 6.73. The van der Waals surface area contributed by atoms with Gasteiger partial charge in [-0.3, -0.25) is 9.59 Å². The third kappa shape index (κ3) is 3.92. The molecule has 124 valence electrons. The lowest BCUT2D eigenvalue weighted by atomic mass is 9.93. The van der Waals surface area contributed by atoms with Crippen molar-refractivity contribution >= 4 is 17.5 Å². The van der Waals surface area contributed by atoms with Crippen LogP contribution >= 0.6 is 0 Å². The van der Waals surface area contributed by atoms with Gasteiger partial charge in [-0.1, -0.05) is 25.3 Å². The second kappa shape index (κ2) is 7.16. The van der Waals surface area contributed by atoms with Crippen molar-refractivity contribution in [2.24, 2.45) is 5.92 Å². The summed E-state index contributed by atoms with van der Waals surface area (Å²) in [6.45, 7) is 2.79. The van der Waals surface area contributed by atoms with Crippen LogP contribution in [-0.2, 0) is 4.79 Å². The maximum absolute atomic E-state index is 12.9. The van der Waals surface area contributed by atoms with Crippen LogP contribution < -0.4 is 5.32 Å². The van der Waals surface area contributed by atoms with Crippen molar-refractivity contribution in [2.45, 2.75) is 57.9 Å². The quantitative estimate of drug-likeness (QED) is 0.898. The Hall–Kier alpha value is -1.84. The highest BCUT2D eigenvalue weighted by atomic mass is 16.2. The van der Waals surface area contributed by atoms with Crippen molar-refractivity contribution < 1.29 is 9.59 Å². The lowest BCUT2D eigenvalue weighted by molar-refractivity contribution is -0.117. The summed E-state index contributed by atoms with van der Waals surface area (Å²) in [5.74, 6) is 0.333. The number of anilines is 1. The van der Waals surface area contributed by atoms with Gasteiger partial charge in [-0.25, -0.2) is 0 Å². The number of nitrogens with one attached hydrogen (secondary N) is 1. The third-order valence-corrected chi connectivity index (χ3v) is 4.94. The van der Waals surface area contributed by atoms with E-state index in [1.165, 1.54) is 19.3 Å². The SMILES string of the molecule is CCN(C(=O)c1cccc(NC(=O)C2CC2)c1)C1CCCCC1. The zero-order valence-electron chi connectivity index (χ0n) is 13.9. The molecule has 0 spiro atoms. The van der Waals surface area contributed by atoms with Gasteiger partial charge in [0.25, 0.3) is 5.91 Å². The summed E-state index contributed by atoms with van der Waals surface area (Å²) < 4.78 is 0. The van der Waals surface area contributed by atoms with E-state index in [-0.39, 0.29) is 17.7 Å². The highest BCUT2D eigenvalue weighted by molar-refractivity contribution is 5.98. The summed E-state index contributed by atoms with van der Waals surface area (Å²) in [5.41, 5.74) is 1.40. The maximum atomic E-state index is 12.9. The van der Waals surface area contributed by atoms with Crippen LogP contribution in [0.1, 0.15) is 62.2 Å². The van der Waals surface area contributed by atoms with Gasteiger partial charge in [0.1, 0.15) is 0 Å². The van der Waals surface area contributed by atoms with Crippen LogP contribution in [0.2, 0.25) is 0 Å². The lowest BCUT2D eigenvalue weighted by Crippen LogP contribution is -2.41. The van der Waals surface area contributed by atoms with Gasteiger partial charge in [0, 0.05) is 29.8 Å². The van der Waals surface area contributed by atoms with Crippen molar-refractivity contribution in [3.8, 4) is 0 Å². The topological polar surface area (TPSA) is 49.4 Å². The molecule has 2 aliphatic rings. The van der Waals surface area contributed by atoms with Gasteiger partial charge in [0.05, 0.1) is 0 Å². The fourth-order valence-corrected chi connectivity index (χ4v) is 3.45. The number of hydrogen-bond acceptors (Lipinski definition) is 2. The van der Waals surface area contributed by atoms with E-state index >= 15 is 0 Å². The standard InChI is InChI=1S/C19H26N2O2/c1-2-21(17-9-4-3-5-10-17)19(23)15-7-6-8-16(13-15)20-18(22)14-11-12-14/h6-8,13-14,17H,2-5,9-12H2,1H3,(H,20,22). The zero-order valence-corrected chi connectivity index (χ0v) is 13.9. The smallest absolute Gasteiger partial charge is 0.254 e. The molecular formula is C19H26N2O2. The highest BCUT2D eigenvalue weighted by Gasteiger charge is 2.30. The number of hydrogen-bond donors (Lipinski definition) is 1. The Morgan fingerprint density at radius 1 is 1.13 bits per heavy atom. The molecule has 4 heteroatoms. The van der Waals surface area contributed by atoms with Crippen molar-refractivity contribution in [1.29, 1.82) is 0 Å². The molecule has 0 radical (unpaired) electrons. The predicted molar refractivity (Wildman–Crippen MR) is 91.4 cm³/mol. The van der Waals surface area contributed by atoms with Crippen LogP contribution in [-0.4, -0.2) is 29.3 Å². The normalized spacial score (nSPS) is 18.5. The Morgan fingerprint density at radius 3 is 2.52 bits per heavy atom. The van der Waals surface area contributed by atoms with Crippen LogP contribution in [0.4, 0.5) is 5.69 Å². The minimum absolute atomic E-state index is 0.0780. The number of benzene rings is 1. The molecule has 1 aromatic carbocycles. The van der Waals surface area contributed by atoms with E-state index in [0.29, 0.717) is 11.6 Å². The van der Waals surface area contributed by atoms with Crippen LogP contribution in [0.25, 0.3) is 0 Å². The van der Waals surface area contributed by atoms with Crippen LogP contribution in [0.3, 0.4) is 0 Å². The summed E-state index contributed by atoms with van der Waals surface area (Å²) in [7, 11) is 0. The van der Waals surface area contributed by atoms with Crippen molar-refractivity contribution in [1.82, 2.24) is 4.90 Å². The molecule has 0 bridgehead atoms. The van der Waals surface area contributed by atoms with Gasteiger partial charge in [0.2, 0.25) is 5.91 Å². The van der Waals surface area contributed by atoms with Crippen LogP contribution in [0.5, 0.6) is 0 Å². The molecule has 2 fully saturated rings. The molecule has 23 heavy (non-hydrogen) atoms. The van der Waals surface area contributed by atoms with E-state index < -0.39 is 0 Å². The average molecular weight is 314 g/mol. The molecule has 1 aromatic rings. The minimum atomic E-state index is 0.0780. The first-order valence-corrected chi connectivity index (χ1v) is 8.91. The maximum Gasteiger partial charge on any atom is 0.254 e. The fourth-order valence-electron chi connectivity index (χ4n) is 3.45. The first-order valence-electron chi connectivity index (χ1n) is 8.91. The fraction of sp³-hybridized carbons (Fsp3) is 0.579. The van der Waals surface area contributed by atoms with E-state index in [0.717, 1.165) is 37.9 Å². The van der Waals surface area contributed by atoms with Gasteiger partial charge in [-0.2, -0.15) is 0 Å². The molecule has 0 heterocycles. The number of nitrogens with zero attached hydrogens (tertiary/aromatic N) is 1. The van der Waals surface area contributed by atoms with Gasteiger partial charge in [-0.15, -0.1) is 0 Å². The molecule has 4 nitrogen and oxygen atoms in total. The minimum Gasteiger partial charge on any atom is -0.336 e. The highest BCUT2D eigenvalue weighted by Crippen LogP contribution is 2.30. The molecule has 2 amide bonds. The monoisotopic (exact) mass is 314 g/mol. The van der Waals surface area contributed by atoms with Crippen LogP contribution in [0.15, 0.2) is 24.3 Å². The number of amides is 2. The van der Waals surface area contributed by atoms with Crippen molar-refractivity contribution in [2.75, 3.05) is 11.9 Å². The Bertz CT molecular complexity index is 574. The van der Waals surface area contributed by atoms with Crippen LogP contribution in [0, 0.1) is 5.92 Å². The van der Waals surface area contributed by atoms with E-state index in [2.05, 4.69) is 5.32 Å². The summed E-state index contributed by atoms with van der Waals surface area (Å²) in [6, 6.07) is 7.73. The molecular weight excluding hydrogens is 288 g/mol. The molecule has 0 aliphatic heterocycles. The number of carbonyl (C=O) groups excluding carboxylic acids is 2. The Kier molecular flexibility index (Phi) is 4.99. The van der Waals surface area contributed by atoms with Gasteiger partial charge >= 0.3 is 0 Å². The molecule has 0 aromatic heterocycles. The molecule has 2 saturated carbocycles. The van der Waals surface area contributed by atoms with Gasteiger partial charge < -0.3 is 10.2 Å².